The summed E-state index contributed by atoms with van der Waals surface area (Å²) in [4.78, 5) is 2.30. The second-order valence-corrected chi connectivity index (χ2v) is 1.55. The molecule has 0 aromatic rings. The summed E-state index contributed by atoms with van der Waals surface area (Å²) < 4.78 is 47.5. The van der Waals surface area contributed by atoms with Crippen LogP contribution in [-0.2, 0) is 0 Å². The zero-order chi connectivity index (χ0) is 7.72. The van der Waals surface area contributed by atoms with E-state index in [0.29, 0.717) is 0 Å². The maximum Gasteiger partial charge on any atom is 0.543 e. The summed E-state index contributed by atoms with van der Waals surface area (Å²) in [6.07, 6.45) is 0. The molecule has 0 aliphatic carbocycles. The van der Waals surface area contributed by atoms with Crippen LogP contribution in [0.4, 0.5) is 17.5 Å². The molecule has 7 heteroatoms. The number of aliphatic imine (C=N–C) groups is 1. The van der Waals surface area contributed by atoms with E-state index in [-0.39, 0.29) is 0 Å². The Balaban J connectivity index is 2.88. The molecule has 0 amide bonds. The summed E-state index contributed by atoms with van der Waals surface area (Å²) in [5, 5.41) is 1.24. The highest BCUT2D eigenvalue weighted by Gasteiger charge is 2.30. The fourth-order valence-electron chi connectivity index (χ4n) is 0.430. The fourth-order valence-corrected chi connectivity index (χ4v) is 0.430. The Labute approximate surface area is 53.8 Å². The molecule has 1 rings (SSSR count). The molecule has 54 valence electrons. The first kappa shape index (κ1) is 7.11. The quantitative estimate of drug-likeness (QED) is 0.312. The maximum atomic E-state index is 11.9. The van der Waals surface area contributed by atoms with Crippen LogP contribution >= 0.6 is 0 Å². The normalized spacial score (nSPS) is 18.8. The van der Waals surface area contributed by atoms with Gasteiger partial charge in [-0.15, -0.1) is 0 Å². The number of nitrogens with zero attached hydrogens (tertiary/aromatic N) is 1. The predicted molar refractivity (Wildman–Crippen MR) is 27.8 cm³/mol. The molecule has 0 saturated heterocycles. The molecule has 0 spiro atoms. The fraction of sp³-hybridized carbons (Fsp3) is 0. The first-order chi connectivity index (χ1) is 4.61. The lowest BCUT2D eigenvalue weighted by Crippen LogP contribution is -2.37. The van der Waals surface area contributed by atoms with Crippen LogP contribution < -0.4 is 5.23 Å². The van der Waals surface area contributed by atoms with Gasteiger partial charge in [-0.05, 0) is 0 Å². The van der Waals surface area contributed by atoms with E-state index in [1.807, 2.05) is 0 Å². The molecule has 0 radical (unpaired) electrons. The third-order valence-electron chi connectivity index (χ3n) is 0.849. The highest BCUT2D eigenvalue weighted by Crippen LogP contribution is 2.13. The lowest BCUT2D eigenvalue weighted by Gasteiger charge is -2.07. The van der Waals surface area contributed by atoms with Gasteiger partial charge in [0.2, 0.25) is 11.8 Å². The monoisotopic (exact) mass is 152 g/mol. The van der Waals surface area contributed by atoms with E-state index in [1.165, 1.54) is 5.23 Å². The van der Waals surface area contributed by atoms with Crippen LogP contribution in [0.1, 0.15) is 0 Å². The van der Waals surface area contributed by atoms with E-state index < -0.39 is 24.9 Å². The molecule has 10 heavy (non-hydrogen) atoms. The summed E-state index contributed by atoms with van der Waals surface area (Å²) in [6.45, 7) is 0. The van der Waals surface area contributed by atoms with E-state index in [4.69, 9.17) is 0 Å². The number of halogens is 4. The van der Waals surface area contributed by atoms with E-state index in [1.54, 1.807) is 0 Å². The first-order valence-electron chi connectivity index (χ1n) is 2.31. The maximum absolute atomic E-state index is 11.9. The van der Waals surface area contributed by atoms with Crippen molar-refractivity contribution in [3.05, 3.63) is 11.9 Å². The number of hydrogen-bond donors (Lipinski definition) is 1. The van der Waals surface area contributed by atoms with Gasteiger partial charge in [0.1, 0.15) is 0 Å². The zero-order valence-electron chi connectivity index (χ0n) is 4.54. The van der Waals surface area contributed by atoms with Crippen LogP contribution in [0.15, 0.2) is 16.9 Å². The Morgan fingerprint density at radius 2 is 1.90 bits per heavy atom. The SMILES string of the molecule is FB1NC(F)=C(F)N=C1F. The highest BCUT2D eigenvalue weighted by molar-refractivity contribution is 6.82. The summed E-state index contributed by atoms with van der Waals surface area (Å²) in [5.41, 5.74) is 0. The lowest BCUT2D eigenvalue weighted by atomic mass is 9.88. The minimum Gasteiger partial charge on any atom is -0.366 e. The van der Waals surface area contributed by atoms with Crippen molar-refractivity contribution in [3.8, 4) is 0 Å². The minimum absolute atomic E-state index is 1.24. The molecule has 1 aliphatic rings. The van der Waals surface area contributed by atoms with Gasteiger partial charge in [0.15, 0.2) is 0 Å². The van der Waals surface area contributed by atoms with Crippen molar-refractivity contribution in [2.45, 2.75) is 0 Å². The smallest absolute Gasteiger partial charge is 0.366 e. The summed E-state index contributed by atoms with van der Waals surface area (Å²) >= 11 is 0. The molecule has 0 aromatic carbocycles. The van der Waals surface area contributed by atoms with Crippen LogP contribution in [0.3, 0.4) is 0 Å². The molecule has 0 bridgehead atoms. The molecule has 1 N–H and O–H groups in total. The number of nitrogens with one attached hydrogen (secondary N) is 1. The second kappa shape index (κ2) is 2.32. The van der Waals surface area contributed by atoms with Crippen LogP contribution in [0, 0.1) is 0 Å². The Hall–Kier alpha value is -1.01. The molecule has 0 saturated carbocycles. The topological polar surface area (TPSA) is 24.4 Å². The van der Waals surface area contributed by atoms with Crippen molar-refractivity contribution >= 4 is 13.0 Å². The van der Waals surface area contributed by atoms with Gasteiger partial charge in [-0.25, -0.2) is 0 Å². The molecular weight excluding hydrogens is 151 g/mol. The Kier molecular flexibility index (Phi) is 1.65. The van der Waals surface area contributed by atoms with E-state index in [0.717, 1.165) is 0 Å². The van der Waals surface area contributed by atoms with Crippen LogP contribution in [-0.4, -0.2) is 13.0 Å². The summed E-state index contributed by atoms with van der Waals surface area (Å²) in [6, 6.07) is 0. The Morgan fingerprint density at radius 1 is 1.30 bits per heavy atom. The first-order valence-corrected chi connectivity index (χ1v) is 2.31. The number of rotatable bonds is 0. The second-order valence-electron chi connectivity index (χ2n) is 1.55. The largest absolute Gasteiger partial charge is 0.543 e. The lowest BCUT2D eigenvalue weighted by molar-refractivity contribution is 0.493. The van der Waals surface area contributed by atoms with Crippen molar-refractivity contribution in [2.24, 2.45) is 4.99 Å². The van der Waals surface area contributed by atoms with Crippen molar-refractivity contribution in [2.75, 3.05) is 0 Å². The van der Waals surface area contributed by atoms with Gasteiger partial charge in [-0.3, -0.25) is 4.32 Å². The number of hydrogen-bond acceptors (Lipinski definition) is 2. The molecule has 0 fully saturated rings. The molecule has 1 aliphatic heterocycles. The van der Waals surface area contributed by atoms with Crippen molar-refractivity contribution in [1.82, 2.24) is 5.23 Å². The Bertz CT molecular complexity index is 213. The van der Waals surface area contributed by atoms with Gasteiger partial charge in [-0.2, -0.15) is 18.2 Å². The minimum atomic E-state index is -2.38. The predicted octanol–water partition coefficient (Wildman–Crippen LogP) is 1.02. The van der Waals surface area contributed by atoms with Gasteiger partial charge >= 0.3 is 7.12 Å². The van der Waals surface area contributed by atoms with E-state index in [2.05, 4.69) is 4.99 Å². The van der Waals surface area contributed by atoms with Gasteiger partial charge in [0.05, 0.1) is 0 Å². The third-order valence-corrected chi connectivity index (χ3v) is 0.849. The van der Waals surface area contributed by atoms with E-state index in [9.17, 15) is 17.5 Å². The van der Waals surface area contributed by atoms with Crippen LogP contribution in [0.2, 0.25) is 0 Å². The standard InChI is InChI=1S/C3HBF4N2/c5-1-2(6)10-4(8)3(7)9-1/h10H. The molecule has 0 atom stereocenters. The average molecular weight is 152 g/mol. The zero-order valence-corrected chi connectivity index (χ0v) is 4.54. The Morgan fingerprint density at radius 3 is 2.40 bits per heavy atom. The van der Waals surface area contributed by atoms with Crippen LogP contribution in [0.25, 0.3) is 0 Å². The van der Waals surface area contributed by atoms with Gasteiger partial charge in [-0.1, -0.05) is 0 Å². The van der Waals surface area contributed by atoms with Crippen molar-refractivity contribution < 1.29 is 17.5 Å². The van der Waals surface area contributed by atoms with Gasteiger partial charge < -0.3 is 5.23 Å². The van der Waals surface area contributed by atoms with Crippen LogP contribution in [0.5, 0.6) is 0 Å². The summed E-state index contributed by atoms with van der Waals surface area (Å²) in [7, 11) is -2.38. The van der Waals surface area contributed by atoms with Crippen molar-refractivity contribution in [3.63, 3.8) is 0 Å². The molecule has 0 unspecified atom stereocenters. The van der Waals surface area contributed by atoms with Gasteiger partial charge in [0.25, 0.3) is 5.95 Å². The molecule has 1 heterocycles. The molecule has 0 aromatic heterocycles. The van der Waals surface area contributed by atoms with Gasteiger partial charge in [0, 0.05) is 0 Å². The highest BCUT2D eigenvalue weighted by atomic mass is 19.2. The summed E-state index contributed by atoms with van der Waals surface area (Å²) in [5.74, 6) is -4.88. The molecular formula is C3HBF4N2. The third kappa shape index (κ3) is 1.12. The average Bonchev–Trinajstić information content (AvgIpc) is 1.84. The molecule has 2 nitrogen and oxygen atoms in total. The van der Waals surface area contributed by atoms with Crippen molar-refractivity contribution in [1.29, 1.82) is 0 Å². The van der Waals surface area contributed by atoms with E-state index >= 15 is 0 Å².